The first-order valence-corrected chi connectivity index (χ1v) is 7.30. The summed E-state index contributed by atoms with van der Waals surface area (Å²) in [7, 11) is 0. The van der Waals surface area contributed by atoms with Crippen molar-refractivity contribution in [3.8, 4) is 0 Å². The van der Waals surface area contributed by atoms with E-state index in [9.17, 15) is 9.90 Å². The van der Waals surface area contributed by atoms with Gasteiger partial charge in [-0.25, -0.2) is 5.10 Å². The van der Waals surface area contributed by atoms with Gasteiger partial charge in [-0.15, -0.1) is 0 Å². The summed E-state index contributed by atoms with van der Waals surface area (Å²) in [5, 5.41) is 19.7. The monoisotopic (exact) mass is 289 g/mol. The lowest BCUT2D eigenvalue weighted by atomic mass is 9.79. The van der Waals surface area contributed by atoms with Crippen molar-refractivity contribution in [2.24, 2.45) is 0 Å². The first-order chi connectivity index (χ1) is 8.57. The van der Waals surface area contributed by atoms with E-state index < -0.39 is 11.2 Å². The Hall–Kier alpha value is -0.720. The molecule has 0 radical (unpaired) electrons. The van der Waals surface area contributed by atoms with Crippen LogP contribution in [0.1, 0.15) is 19.8 Å². The van der Waals surface area contributed by atoms with Gasteiger partial charge in [0.1, 0.15) is 5.02 Å². The number of thioether (sulfide) groups is 1. The van der Waals surface area contributed by atoms with Crippen LogP contribution in [0.5, 0.6) is 0 Å². The molecule has 2 atom stereocenters. The minimum Gasteiger partial charge on any atom is -0.387 e. The fraction of sp³-hybridized carbons (Fsp3) is 0.636. The summed E-state index contributed by atoms with van der Waals surface area (Å²) < 4.78 is 0. The van der Waals surface area contributed by atoms with E-state index in [0.717, 1.165) is 18.6 Å². The third-order valence-electron chi connectivity index (χ3n) is 3.19. The van der Waals surface area contributed by atoms with Gasteiger partial charge in [0, 0.05) is 11.8 Å². The molecule has 18 heavy (non-hydrogen) atoms. The molecule has 2 unspecified atom stereocenters. The highest BCUT2D eigenvalue weighted by Crippen LogP contribution is 2.41. The van der Waals surface area contributed by atoms with E-state index in [1.54, 1.807) is 11.8 Å². The minimum atomic E-state index is -0.716. The van der Waals surface area contributed by atoms with Gasteiger partial charge >= 0.3 is 0 Å². The molecule has 2 rings (SSSR count). The molecular weight excluding hydrogens is 274 g/mol. The maximum absolute atomic E-state index is 11.3. The Morgan fingerprint density at radius 2 is 2.56 bits per heavy atom. The van der Waals surface area contributed by atoms with Crippen LogP contribution in [0.25, 0.3) is 0 Å². The summed E-state index contributed by atoms with van der Waals surface area (Å²) in [5.74, 6) is 0.986. The lowest BCUT2D eigenvalue weighted by molar-refractivity contribution is -0.0120. The quantitative estimate of drug-likeness (QED) is 0.765. The third kappa shape index (κ3) is 2.65. The van der Waals surface area contributed by atoms with Gasteiger partial charge in [0.25, 0.3) is 5.56 Å². The van der Waals surface area contributed by atoms with E-state index in [2.05, 4.69) is 22.4 Å². The molecule has 1 heterocycles. The predicted octanol–water partition coefficient (Wildman–Crippen LogP) is 1.48. The van der Waals surface area contributed by atoms with Gasteiger partial charge in [-0.1, -0.05) is 18.5 Å². The molecular formula is C11H16ClN3O2S. The van der Waals surface area contributed by atoms with Crippen LogP contribution in [0.4, 0.5) is 5.69 Å². The molecule has 1 aromatic heterocycles. The van der Waals surface area contributed by atoms with Gasteiger partial charge in [0.05, 0.1) is 17.5 Å². The van der Waals surface area contributed by atoms with Crippen LogP contribution < -0.4 is 10.9 Å². The van der Waals surface area contributed by atoms with E-state index >= 15 is 0 Å². The molecule has 1 aromatic rings. The number of hydrogen-bond donors (Lipinski definition) is 3. The number of aromatic nitrogens is 2. The van der Waals surface area contributed by atoms with E-state index in [-0.39, 0.29) is 10.3 Å². The molecule has 0 saturated heterocycles. The predicted molar refractivity (Wildman–Crippen MR) is 74.5 cm³/mol. The van der Waals surface area contributed by atoms with Crippen LogP contribution >= 0.6 is 23.4 Å². The highest BCUT2D eigenvalue weighted by molar-refractivity contribution is 8.00. The number of nitrogens with zero attached hydrogens (tertiary/aromatic N) is 1. The smallest absolute Gasteiger partial charge is 0.285 e. The van der Waals surface area contributed by atoms with Crippen molar-refractivity contribution >= 4 is 29.1 Å². The number of aromatic amines is 1. The van der Waals surface area contributed by atoms with Crippen molar-refractivity contribution in [3.05, 3.63) is 21.6 Å². The SMILES string of the molecule is CCSC1CCC1(O)CNc1cn[nH]c(=O)c1Cl. The maximum Gasteiger partial charge on any atom is 0.285 e. The van der Waals surface area contributed by atoms with Crippen molar-refractivity contribution in [2.45, 2.75) is 30.6 Å². The van der Waals surface area contributed by atoms with Crippen molar-refractivity contribution in [3.63, 3.8) is 0 Å². The Labute approximate surface area is 114 Å². The highest BCUT2D eigenvalue weighted by atomic mass is 35.5. The largest absolute Gasteiger partial charge is 0.387 e. The summed E-state index contributed by atoms with van der Waals surface area (Å²) in [6.45, 7) is 2.46. The molecule has 1 saturated carbocycles. The Bertz CT molecular complexity index is 482. The third-order valence-corrected chi connectivity index (χ3v) is 4.97. The lowest BCUT2D eigenvalue weighted by Gasteiger charge is -2.45. The average Bonchev–Trinajstić information content (AvgIpc) is 2.36. The van der Waals surface area contributed by atoms with Crippen molar-refractivity contribution in [2.75, 3.05) is 17.6 Å². The second-order valence-electron chi connectivity index (χ2n) is 4.37. The standard InChI is InChI=1S/C11H16ClN3O2S/c1-2-18-8-3-4-11(8,17)6-13-7-5-14-15-10(16)9(7)12/h5,8,17H,2-4,6H2,1H3,(H2,13,15,16). The zero-order valence-corrected chi connectivity index (χ0v) is 11.6. The first kappa shape index (κ1) is 13.7. The molecule has 100 valence electrons. The number of halogens is 1. The normalized spacial score (nSPS) is 26.7. The number of nitrogens with one attached hydrogen (secondary N) is 2. The number of H-pyrrole nitrogens is 1. The van der Waals surface area contributed by atoms with E-state index in [1.165, 1.54) is 6.20 Å². The number of hydrogen-bond acceptors (Lipinski definition) is 5. The molecule has 1 fully saturated rings. The van der Waals surface area contributed by atoms with Crippen LogP contribution in [0.3, 0.4) is 0 Å². The molecule has 1 aliphatic carbocycles. The van der Waals surface area contributed by atoms with Gasteiger partial charge in [-0.05, 0) is 18.6 Å². The summed E-state index contributed by atoms with van der Waals surface area (Å²) in [4.78, 5) is 11.3. The topological polar surface area (TPSA) is 78.0 Å². The Morgan fingerprint density at radius 3 is 3.17 bits per heavy atom. The molecule has 5 nitrogen and oxygen atoms in total. The van der Waals surface area contributed by atoms with Crippen LogP contribution in [0, 0.1) is 0 Å². The van der Waals surface area contributed by atoms with Crippen LogP contribution in [-0.2, 0) is 0 Å². The van der Waals surface area contributed by atoms with E-state index in [1.807, 2.05) is 0 Å². The van der Waals surface area contributed by atoms with Crippen molar-refractivity contribution in [1.82, 2.24) is 10.2 Å². The lowest BCUT2D eigenvalue weighted by Crippen LogP contribution is -2.54. The fourth-order valence-electron chi connectivity index (χ4n) is 1.99. The zero-order chi connectivity index (χ0) is 13.2. The second kappa shape index (κ2) is 5.50. The molecule has 0 bridgehead atoms. The molecule has 0 aliphatic heterocycles. The fourth-order valence-corrected chi connectivity index (χ4v) is 3.35. The molecule has 0 amide bonds. The number of anilines is 1. The molecule has 0 spiro atoms. The van der Waals surface area contributed by atoms with Gasteiger partial charge in [-0.3, -0.25) is 4.79 Å². The van der Waals surface area contributed by atoms with Gasteiger partial charge < -0.3 is 10.4 Å². The van der Waals surface area contributed by atoms with Crippen molar-refractivity contribution in [1.29, 1.82) is 0 Å². The number of rotatable bonds is 5. The molecule has 1 aliphatic rings. The Kier molecular flexibility index (Phi) is 4.19. The second-order valence-corrected chi connectivity index (χ2v) is 6.22. The van der Waals surface area contributed by atoms with Crippen molar-refractivity contribution < 1.29 is 5.11 Å². The summed E-state index contributed by atoms with van der Waals surface area (Å²) in [6, 6.07) is 0. The van der Waals surface area contributed by atoms with E-state index in [4.69, 9.17) is 11.6 Å². The summed E-state index contributed by atoms with van der Waals surface area (Å²) >= 11 is 7.61. The van der Waals surface area contributed by atoms with Gasteiger partial charge in [0.15, 0.2) is 0 Å². The molecule has 0 aromatic carbocycles. The average molecular weight is 290 g/mol. The first-order valence-electron chi connectivity index (χ1n) is 5.88. The zero-order valence-electron chi connectivity index (χ0n) is 10.1. The van der Waals surface area contributed by atoms with Gasteiger partial charge in [0.2, 0.25) is 0 Å². The summed E-state index contributed by atoms with van der Waals surface area (Å²) in [5.41, 5.74) is -0.685. The van der Waals surface area contributed by atoms with Crippen LogP contribution in [0.2, 0.25) is 5.02 Å². The minimum absolute atomic E-state index is 0.0765. The highest BCUT2D eigenvalue weighted by Gasteiger charge is 2.45. The maximum atomic E-state index is 11.3. The van der Waals surface area contributed by atoms with E-state index in [0.29, 0.717) is 12.2 Å². The molecule has 3 N–H and O–H groups in total. The van der Waals surface area contributed by atoms with Gasteiger partial charge in [-0.2, -0.15) is 16.9 Å². The summed E-state index contributed by atoms with van der Waals surface area (Å²) in [6.07, 6.45) is 3.25. The Balaban J connectivity index is 1.99. The number of aliphatic hydroxyl groups is 1. The molecule has 7 heteroatoms. The van der Waals surface area contributed by atoms with Crippen LogP contribution in [0.15, 0.2) is 11.0 Å². The van der Waals surface area contributed by atoms with Crippen LogP contribution in [-0.4, -0.2) is 38.5 Å². The Morgan fingerprint density at radius 1 is 1.78 bits per heavy atom.